The molecule has 0 saturated carbocycles. The second kappa shape index (κ2) is 9.29. The van der Waals surface area contributed by atoms with Crippen LogP contribution in [-0.2, 0) is 9.59 Å². The van der Waals surface area contributed by atoms with E-state index < -0.39 is 5.92 Å². The lowest BCUT2D eigenvalue weighted by Crippen LogP contribution is -2.44. The summed E-state index contributed by atoms with van der Waals surface area (Å²) in [6, 6.07) is 11.2. The van der Waals surface area contributed by atoms with Gasteiger partial charge in [0, 0.05) is 67.1 Å². The van der Waals surface area contributed by atoms with Crippen LogP contribution in [0.4, 0.5) is 5.69 Å². The minimum absolute atomic E-state index is 0.0561. The highest BCUT2D eigenvalue weighted by molar-refractivity contribution is 9.10. The van der Waals surface area contributed by atoms with E-state index >= 15 is 0 Å². The highest BCUT2D eigenvalue weighted by Crippen LogP contribution is 2.56. The SMILES string of the molecule is COc1ccc(Br)cc1C1C2=C(CC(C)(C)CC2=O)N(c2cc(Cl)cc(Cl)c2)C2=C1C(=O)CC(C)(C)C2. The minimum atomic E-state index is -0.504. The molecule has 0 aromatic heterocycles. The van der Waals surface area contributed by atoms with Crippen LogP contribution in [0.15, 0.2) is 63.4 Å². The molecule has 2 aromatic carbocycles. The van der Waals surface area contributed by atoms with Crippen molar-refractivity contribution in [2.24, 2.45) is 10.8 Å². The first kappa shape index (κ1) is 26.5. The van der Waals surface area contributed by atoms with E-state index in [0.29, 0.717) is 52.6 Å². The standard InChI is InChI=1S/C30H30BrCl2NO3/c1-29(2)12-21-27(23(35)14-29)26(20-8-16(31)6-7-25(20)37-5)28-22(13-30(3,4)15-24(28)36)34(21)19-10-17(32)9-18(33)11-19/h6-11,26H,12-15H2,1-5H3. The summed E-state index contributed by atoms with van der Waals surface area (Å²) in [6.07, 6.45) is 2.17. The number of hydrogen-bond donors (Lipinski definition) is 0. The van der Waals surface area contributed by atoms with Crippen LogP contribution in [0.25, 0.3) is 0 Å². The number of ether oxygens (including phenoxy) is 1. The number of anilines is 1. The van der Waals surface area contributed by atoms with E-state index in [-0.39, 0.29) is 22.4 Å². The lowest BCUT2D eigenvalue weighted by molar-refractivity contribution is -0.119. The molecule has 7 heteroatoms. The van der Waals surface area contributed by atoms with E-state index in [2.05, 4.69) is 48.5 Å². The third kappa shape index (κ3) is 4.79. The van der Waals surface area contributed by atoms with E-state index in [1.165, 1.54) is 0 Å². The molecular weight excluding hydrogens is 573 g/mol. The number of hydrogen-bond acceptors (Lipinski definition) is 4. The maximum Gasteiger partial charge on any atom is 0.162 e. The Labute approximate surface area is 236 Å². The van der Waals surface area contributed by atoms with Crippen molar-refractivity contribution in [3.8, 4) is 5.75 Å². The van der Waals surface area contributed by atoms with Gasteiger partial charge in [-0.3, -0.25) is 9.59 Å². The molecule has 2 aromatic rings. The van der Waals surface area contributed by atoms with Gasteiger partial charge in [0.25, 0.3) is 0 Å². The molecule has 0 saturated heterocycles. The summed E-state index contributed by atoms with van der Waals surface area (Å²) in [7, 11) is 1.62. The van der Waals surface area contributed by atoms with Crippen molar-refractivity contribution in [2.45, 2.75) is 59.3 Å². The van der Waals surface area contributed by atoms with Crippen LogP contribution < -0.4 is 9.64 Å². The first-order valence-electron chi connectivity index (χ1n) is 12.4. The maximum atomic E-state index is 14.0. The number of carbonyl (C=O) groups is 2. The fraction of sp³-hybridized carbons (Fsp3) is 0.400. The highest BCUT2D eigenvalue weighted by Gasteiger charge is 2.50. The van der Waals surface area contributed by atoms with E-state index in [9.17, 15) is 9.59 Å². The van der Waals surface area contributed by atoms with Crippen LogP contribution in [0.5, 0.6) is 5.75 Å². The molecular formula is C30H30BrCl2NO3. The van der Waals surface area contributed by atoms with Crippen LogP contribution in [-0.4, -0.2) is 18.7 Å². The average Bonchev–Trinajstić information content (AvgIpc) is 2.75. The first-order chi connectivity index (χ1) is 17.3. The molecule has 0 unspecified atom stereocenters. The van der Waals surface area contributed by atoms with Crippen LogP contribution >= 0.6 is 39.1 Å². The summed E-state index contributed by atoms with van der Waals surface area (Å²) in [4.78, 5) is 30.1. The molecule has 0 N–H and O–H groups in total. The number of allylic oxidation sites excluding steroid dienone is 4. The minimum Gasteiger partial charge on any atom is -0.496 e. The number of methoxy groups -OCH3 is 1. The molecule has 5 rings (SSSR count). The summed E-state index contributed by atoms with van der Waals surface area (Å²) in [5.74, 6) is 0.262. The van der Waals surface area contributed by atoms with Gasteiger partial charge < -0.3 is 9.64 Å². The topological polar surface area (TPSA) is 46.6 Å². The Morgan fingerprint density at radius 2 is 1.35 bits per heavy atom. The molecule has 0 radical (unpaired) electrons. The average molecular weight is 603 g/mol. The van der Waals surface area contributed by atoms with Crippen LogP contribution in [0.1, 0.15) is 64.9 Å². The zero-order valence-corrected chi connectivity index (χ0v) is 24.8. The molecule has 37 heavy (non-hydrogen) atoms. The largest absolute Gasteiger partial charge is 0.496 e. The van der Waals surface area contributed by atoms with Crippen LogP contribution in [0.2, 0.25) is 10.0 Å². The smallest absolute Gasteiger partial charge is 0.162 e. The number of nitrogens with zero attached hydrogens (tertiary/aromatic N) is 1. The Bertz CT molecular complexity index is 1330. The van der Waals surface area contributed by atoms with Gasteiger partial charge in [-0.15, -0.1) is 0 Å². The fourth-order valence-electron chi connectivity index (χ4n) is 6.19. The normalized spacial score (nSPS) is 21.2. The summed E-state index contributed by atoms with van der Waals surface area (Å²) >= 11 is 16.5. The monoisotopic (exact) mass is 601 g/mol. The molecule has 4 nitrogen and oxygen atoms in total. The number of ketones is 2. The quantitative estimate of drug-likeness (QED) is 0.353. The Hall–Kier alpha value is -2.08. The van der Waals surface area contributed by atoms with Gasteiger partial charge in [-0.25, -0.2) is 0 Å². The van der Waals surface area contributed by atoms with Gasteiger partial charge in [0.1, 0.15) is 5.75 Å². The van der Waals surface area contributed by atoms with Crippen molar-refractivity contribution in [3.05, 3.63) is 79.0 Å². The molecule has 0 fully saturated rings. The number of Topliss-reactive ketones (excluding diaryl/α,β-unsaturated/α-hetero) is 2. The van der Waals surface area contributed by atoms with Gasteiger partial charge in [-0.1, -0.05) is 66.8 Å². The Morgan fingerprint density at radius 1 is 0.838 bits per heavy atom. The number of rotatable bonds is 3. The lowest BCUT2D eigenvalue weighted by Gasteiger charge is -2.49. The van der Waals surface area contributed by atoms with Crippen molar-refractivity contribution >= 4 is 56.4 Å². The molecule has 0 amide bonds. The molecule has 0 atom stereocenters. The second-order valence-corrected chi connectivity index (χ2v) is 13.7. The molecule has 0 spiro atoms. The van der Waals surface area contributed by atoms with Crippen molar-refractivity contribution in [1.29, 1.82) is 0 Å². The van der Waals surface area contributed by atoms with E-state index in [1.54, 1.807) is 13.2 Å². The van der Waals surface area contributed by atoms with Crippen molar-refractivity contribution in [3.63, 3.8) is 0 Å². The van der Waals surface area contributed by atoms with Gasteiger partial charge in [0.2, 0.25) is 0 Å². The van der Waals surface area contributed by atoms with Gasteiger partial charge >= 0.3 is 0 Å². The van der Waals surface area contributed by atoms with Gasteiger partial charge in [-0.05, 0) is 60.1 Å². The maximum absolute atomic E-state index is 14.0. The van der Waals surface area contributed by atoms with Crippen LogP contribution in [0.3, 0.4) is 0 Å². The van der Waals surface area contributed by atoms with Gasteiger partial charge in [0.05, 0.1) is 7.11 Å². The predicted octanol–water partition coefficient (Wildman–Crippen LogP) is 8.65. The van der Waals surface area contributed by atoms with E-state index in [4.69, 9.17) is 27.9 Å². The fourth-order valence-corrected chi connectivity index (χ4v) is 7.08. The highest BCUT2D eigenvalue weighted by atomic mass is 79.9. The second-order valence-electron chi connectivity index (χ2n) is 11.9. The summed E-state index contributed by atoms with van der Waals surface area (Å²) in [5, 5.41) is 1.01. The Morgan fingerprint density at radius 3 is 1.84 bits per heavy atom. The summed E-state index contributed by atoms with van der Waals surface area (Å²) in [6.45, 7) is 8.47. The van der Waals surface area contributed by atoms with Gasteiger partial charge in [-0.2, -0.15) is 0 Å². The van der Waals surface area contributed by atoms with Crippen molar-refractivity contribution in [2.75, 3.05) is 12.0 Å². The van der Waals surface area contributed by atoms with E-state index in [0.717, 1.165) is 27.1 Å². The number of benzene rings is 2. The molecule has 3 aliphatic rings. The number of halogens is 3. The molecule has 1 heterocycles. The molecule has 2 aliphatic carbocycles. The third-order valence-corrected chi connectivity index (χ3v) is 8.45. The Balaban J connectivity index is 1.89. The molecule has 0 bridgehead atoms. The Kier molecular flexibility index (Phi) is 6.66. The first-order valence-corrected chi connectivity index (χ1v) is 14.0. The predicted molar refractivity (Wildman–Crippen MR) is 152 cm³/mol. The summed E-state index contributed by atoms with van der Waals surface area (Å²) in [5.41, 5.74) is 4.27. The van der Waals surface area contributed by atoms with Crippen molar-refractivity contribution < 1.29 is 14.3 Å². The zero-order chi connectivity index (χ0) is 26.9. The molecule has 194 valence electrons. The van der Waals surface area contributed by atoms with E-state index in [1.807, 2.05) is 30.3 Å². The number of carbonyl (C=O) groups excluding carboxylic acids is 2. The zero-order valence-electron chi connectivity index (χ0n) is 21.7. The van der Waals surface area contributed by atoms with Gasteiger partial charge in [0.15, 0.2) is 11.6 Å². The summed E-state index contributed by atoms with van der Waals surface area (Å²) < 4.78 is 6.64. The molecule has 1 aliphatic heterocycles. The van der Waals surface area contributed by atoms with Crippen molar-refractivity contribution in [1.82, 2.24) is 0 Å². The van der Waals surface area contributed by atoms with Crippen LogP contribution in [0, 0.1) is 10.8 Å². The third-order valence-electron chi connectivity index (χ3n) is 7.52. The lowest BCUT2D eigenvalue weighted by atomic mass is 9.63.